The van der Waals surface area contributed by atoms with Crippen LogP contribution in [0.15, 0.2) is 0 Å². The summed E-state index contributed by atoms with van der Waals surface area (Å²) in [5, 5.41) is 3.51. The standard InChI is InChI=1S/C16H35N/c1-5-7-8-9-10-11-12-16(3,4)13-15-17-14-6-2/h17H,5-15H2,1-4H3. The topological polar surface area (TPSA) is 12.0 Å². The van der Waals surface area contributed by atoms with E-state index >= 15 is 0 Å². The van der Waals surface area contributed by atoms with Crippen molar-refractivity contribution < 1.29 is 0 Å². The summed E-state index contributed by atoms with van der Waals surface area (Å²) in [4.78, 5) is 0. The van der Waals surface area contributed by atoms with Gasteiger partial charge in [0.1, 0.15) is 0 Å². The third kappa shape index (κ3) is 12.2. The fourth-order valence-electron chi connectivity index (χ4n) is 2.24. The van der Waals surface area contributed by atoms with Gasteiger partial charge in [-0.25, -0.2) is 0 Å². The molecule has 0 radical (unpaired) electrons. The first-order valence-electron chi connectivity index (χ1n) is 7.83. The Labute approximate surface area is 110 Å². The highest BCUT2D eigenvalue weighted by molar-refractivity contribution is 4.69. The zero-order valence-corrected chi connectivity index (χ0v) is 12.8. The van der Waals surface area contributed by atoms with Gasteiger partial charge in [0.15, 0.2) is 0 Å². The van der Waals surface area contributed by atoms with Crippen molar-refractivity contribution in [2.24, 2.45) is 5.41 Å². The van der Waals surface area contributed by atoms with Crippen molar-refractivity contribution in [2.45, 2.75) is 85.5 Å². The summed E-state index contributed by atoms with van der Waals surface area (Å²) in [7, 11) is 0. The molecule has 0 aromatic heterocycles. The van der Waals surface area contributed by atoms with Gasteiger partial charge in [-0.15, -0.1) is 0 Å². The van der Waals surface area contributed by atoms with Crippen LogP contribution >= 0.6 is 0 Å². The molecule has 17 heavy (non-hydrogen) atoms. The Hall–Kier alpha value is -0.0400. The van der Waals surface area contributed by atoms with Crippen molar-refractivity contribution in [2.75, 3.05) is 13.1 Å². The van der Waals surface area contributed by atoms with Crippen LogP contribution in [0.25, 0.3) is 0 Å². The highest BCUT2D eigenvalue weighted by Crippen LogP contribution is 2.27. The normalized spacial score (nSPS) is 12.0. The molecule has 104 valence electrons. The Kier molecular flexibility index (Phi) is 11.0. The summed E-state index contributed by atoms with van der Waals surface area (Å²) < 4.78 is 0. The summed E-state index contributed by atoms with van der Waals surface area (Å²) in [6.07, 6.45) is 12.5. The van der Waals surface area contributed by atoms with E-state index in [-0.39, 0.29) is 0 Å². The number of hydrogen-bond donors (Lipinski definition) is 1. The van der Waals surface area contributed by atoms with Gasteiger partial charge >= 0.3 is 0 Å². The van der Waals surface area contributed by atoms with Crippen LogP contribution in [0, 0.1) is 5.41 Å². The molecule has 0 aliphatic carbocycles. The maximum absolute atomic E-state index is 3.51. The van der Waals surface area contributed by atoms with E-state index in [2.05, 4.69) is 33.0 Å². The summed E-state index contributed by atoms with van der Waals surface area (Å²) >= 11 is 0. The fourth-order valence-corrected chi connectivity index (χ4v) is 2.24. The van der Waals surface area contributed by atoms with Crippen molar-refractivity contribution >= 4 is 0 Å². The third-order valence-electron chi connectivity index (χ3n) is 3.61. The quantitative estimate of drug-likeness (QED) is 0.466. The smallest absolute Gasteiger partial charge is 0.00438 e. The van der Waals surface area contributed by atoms with E-state index in [4.69, 9.17) is 0 Å². The van der Waals surface area contributed by atoms with Crippen LogP contribution in [0.3, 0.4) is 0 Å². The summed E-state index contributed by atoms with van der Waals surface area (Å²) in [6.45, 7) is 11.7. The average molecular weight is 241 g/mol. The molecule has 0 aromatic carbocycles. The average Bonchev–Trinajstić information content (AvgIpc) is 2.29. The molecule has 0 spiro atoms. The molecular weight excluding hydrogens is 206 g/mol. The van der Waals surface area contributed by atoms with Gasteiger partial charge in [-0.2, -0.15) is 0 Å². The van der Waals surface area contributed by atoms with Crippen LogP contribution in [0.2, 0.25) is 0 Å². The second-order valence-corrected chi connectivity index (χ2v) is 6.18. The Balaban J connectivity index is 3.37. The minimum atomic E-state index is 0.533. The maximum Gasteiger partial charge on any atom is -0.00438 e. The van der Waals surface area contributed by atoms with Crippen LogP contribution in [0.1, 0.15) is 85.5 Å². The summed E-state index contributed by atoms with van der Waals surface area (Å²) in [5.41, 5.74) is 0.533. The first kappa shape index (κ1) is 17.0. The van der Waals surface area contributed by atoms with Crippen LogP contribution in [0.4, 0.5) is 0 Å². The second-order valence-electron chi connectivity index (χ2n) is 6.18. The number of hydrogen-bond acceptors (Lipinski definition) is 1. The number of unbranched alkanes of at least 4 members (excludes halogenated alkanes) is 5. The van der Waals surface area contributed by atoms with Crippen molar-refractivity contribution in [3.63, 3.8) is 0 Å². The molecule has 0 atom stereocenters. The Morgan fingerprint density at radius 3 is 2.00 bits per heavy atom. The molecule has 0 saturated heterocycles. The van der Waals surface area contributed by atoms with Crippen LogP contribution in [0.5, 0.6) is 0 Å². The molecule has 0 aliphatic heterocycles. The molecule has 1 N–H and O–H groups in total. The molecule has 0 rings (SSSR count). The largest absolute Gasteiger partial charge is 0.317 e. The van der Waals surface area contributed by atoms with Gasteiger partial charge < -0.3 is 5.32 Å². The Bertz CT molecular complexity index is 152. The molecule has 0 heterocycles. The SMILES string of the molecule is CCCCCCCCC(C)(C)CCNCCC. The zero-order chi connectivity index (χ0) is 13.0. The molecule has 0 amide bonds. The van der Waals surface area contributed by atoms with Gasteiger partial charge in [0.05, 0.1) is 0 Å². The van der Waals surface area contributed by atoms with Gasteiger partial charge in [-0.1, -0.05) is 66.2 Å². The number of nitrogens with one attached hydrogen (secondary N) is 1. The second kappa shape index (κ2) is 11.1. The number of rotatable bonds is 12. The molecule has 0 saturated carbocycles. The van der Waals surface area contributed by atoms with E-state index in [1.807, 2.05) is 0 Å². The molecule has 1 nitrogen and oxygen atoms in total. The minimum Gasteiger partial charge on any atom is -0.317 e. The van der Waals surface area contributed by atoms with E-state index in [9.17, 15) is 0 Å². The van der Waals surface area contributed by atoms with Crippen molar-refractivity contribution in [1.82, 2.24) is 5.32 Å². The van der Waals surface area contributed by atoms with Crippen molar-refractivity contribution in [3.05, 3.63) is 0 Å². The van der Waals surface area contributed by atoms with Gasteiger partial charge in [-0.05, 0) is 37.8 Å². The maximum atomic E-state index is 3.51. The van der Waals surface area contributed by atoms with E-state index in [1.54, 1.807) is 0 Å². The lowest BCUT2D eigenvalue weighted by atomic mass is 9.83. The lowest BCUT2D eigenvalue weighted by Gasteiger charge is -2.24. The first-order chi connectivity index (χ1) is 8.12. The van der Waals surface area contributed by atoms with E-state index in [1.165, 1.54) is 70.9 Å². The Morgan fingerprint density at radius 1 is 0.706 bits per heavy atom. The third-order valence-corrected chi connectivity index (χ3v) is 3.61. The van der Waals surface area contributed by atoms with Gasteiger partial charge in [0.25, 0.3) is 0 Å². The van der Waals surface area contributed by atoms with Crippen molar-refractivity contribution in [1.29, 1.82) is 0 Å². The van der Waals surface area contributed by atoms with Gasteiger partial charge in [-0.3, -0.25) is 0 Å². The molecule has 0 fully saturated rings. The molecule has 0 aliphatic rings. The predicted octanol–water partition coefficient (Wildman–Crippen LogP) is 5.15. The highest BCUT2D eigenvalue weighted by atomic mass is 14.8. The fraction of sp³-hybridized carbons (Fsp3) is 1.00. The van der Waals surface area contributed by atoms with E-state index in [0.717, 1.165) is 0 Å². The Morgan fingerprint density at radius 2 is 1.35 bits per heavy atom. The van der Waals surface area contributed by atoms with Crippen LogP contribution in [-0.4, -0.2) is 13.1 Å². The van der Waals surface area contributed by atoms with Gasteiger partial charge in [0, 0.05) is 0 Å². The first-order valence-corrected chi connectivity index (χ1v) is 7.83. The molecule has 0 bridgehead atoms. The summed E-state index contributed by atoms with van der Waals surface area (Å²) in [6, 6.07) is 0. The van der Waals surface area contributed by atoms with Crippen LogP contribution < -0.4 is 5.32 Å². The zero-order valence-electron chi connectivity index (χ0n) is 12.8. The minimum absolute atomic E-state index is 0.533. The van der Waals surface area contributed by atoms with Gasteiger partial charge in [0.2, 0.25) is 0 Å². The summed E-state index contributed by atoms with van der Waals surface area (Å²) in [5.74, 6) is 0. The molecular formula is C16H35N. The molecule has 0 aromatic rings. The molecule has 1 heteroatoms. The highest BCUT2D eigenvalue weighted by Gasteiger charge is 2.16. The van der Waals surface area contributed by atoms with Crippen LogP contribution in [-0.2, 0) is 0 Å². The van der Waals surface area contributed by atoms with Crippen molar-refractivity contribution in [3.8, 4) is 0 Å². The lowest BCUT2D eigenvalue weighted by molar-refractivity contribution is 0.289. The monoisotopic (exact) mass is 241 g/mol. The molecule has 0 unspecified atom stereocenters. The van der Waals surface area contributed by atoms with E-state index in [0.29, 0.717) is 5.41 Å². The predicted molar refractivity (Wildman–Crippen MR) is 79.6 cm³/mol. The lowest BCUT2D eigenvalue weighted by Crippen LogP contribution is -2.23. The van der Waals surface area contributed by atoms with E-state index < -0.39 is 0 Å².